The SMILES string of the molecule is CCC(C)C(=O)OC1CC(C(C)(C)O)CC1C(C)(C)O. The first-order valence-corrected chi connectivity index (χ1v) is 7.62. The zero-order chi connectivity index (χ0) is 15.7. The highest BCUT2D eigenvalue weighted by Gasteiger charge is 2.48. The Morgan fingerprint density at radius 3 is 2.15 bits per heavy atom. The molecule has 1 fully saturated rings. The fraction of sp³-hybridized carbons (Fsp3) is 0.938. The monoisotopic (exact) mass is 286 g/mol. The number of ether oxygens (including phenoxy) is 1. The van der Waals surface area contributed by atoms with Crippen LogP contribution in [0.2, 0.25) is 0 Å². The molecular formula is C16H30O4. The van der Waals surface area contributed by atoms with Crippen molar-refractivity contribution in [2.24, 2.45) is 17.8 Å². The molecule has 4 heteroatoms. The Morgan fingerprint density at radius 1 is 1.20 bits per heavy atom. The summed E-state index contributed by atoms with van der Waals surface area (Å²) in [5.74, 6) is -0.428. The molecule has 20 heavy (non-hydrogen) atoms. The predicted octanol–water partition coefficient (Wildman–Crippen LogP) is 2.51. The van der Waals surface area contributed by atoms with E-state index in [1.165, 1.54) is 0 Å². The lowest BCUT2D eigenvalue weighted by Crippen LogP contribution is -2.38. The van der Waals surface area contributed by atoms with Gasteiger partial charge in [0.05, 0.1) is 17.1 Å². The Balaban J connectivity index is 2.83. The number of carbonyl (C=O) groups is 1. The van der Waals surface area contributed by atoms with Crippen molar-refractivity contribution in [1.29, 1.82) is 0 Å². The maximum Gasteiger partial charge on any atom is 0.308 e. The van der Waals surface area contributed by atoms with Gasteiger partial charge in [0, 0.05) is 5.92 Å². The van der Waals surface area contributed by atoms with E-state index < -0.39 is 11.2 Å². The van der Waals surface area contributed by atoms with Gasteiger partial charge in [-0.2, -0.15) is 0 Å². The Kier molecular flexibility index (Phi) is 5.25. The zero-order valence-electron chi connectivity index (χ0n) is 13.6. The highest BCUT2D eigenvalue weighted by molar-refractivity contribution is 5.72. The van der Waals surface area contributed by atoms with Crippen molar-refractivity contribution < 1.29 is 19.7 Å². The van der Waals surface area contributed by atoms with Gasteiger partial charge in [0.1, 0.15) is 6.10 Å². The standard InChI is InChI=1S/C16H30O4/c1-7-10(2)14(17)20-13-9-11(15(3,4)18)8-12(13)16(5,6)19/h10-13,18-19H,7-9H2,1-6H3. The van der Waals surface area contributed by atoms with E-state index in [1.54, 1.807) is 27.7 Å². The van der Waals surface area contributed by atoms with Crippen LogP contribution in [0, 0.1) is 17.8 Å². The molecule has 1 saturated carbocycles. The fourth-order valence-electron chi connectivity index (χ4n) is 2.88. The second-order valence-electron chi connectivity index (χ2n) is 7.37. The lowest BCUT2D eigenvalue weighted by atomic mass is 9.84. The Labute approximate surface area is 122 Å². The predicted molar refractivity (Wildman–Crippen MR) is 78.1 cm³/mol. The minimum Gasteiger partial charge on any atom is -0.462 e. The third kappa shape index (κ3) is 4.19. The van der Waals surface area contributed by atoms with Crippen molar-refractivity contribution in [2.75, 3.05) is 0 Å². The van der Waals surface area contributed by atoms with Crippen molar-refractivity contribution >= 4 is 5.97 Å². The molecule has 0 radical (unpaired) electrons. The Bertz CT molecular complexity index is 337. The summed E-state index contributed by atoms with van der Waals surface area (Å²) in [5, 5.41) is 20.5. The summed E-state index contributed by atoms with van der Waals surface area (Å²) in [6, 6.07) is 0. The smallest absolute Gasteiger partial charge is 0.308 e. The van der Waals surface area contributed by atoms with Crippen LogP contribution < -0.4 is 0 Å². The maximum absolute atomic E-state index is 12.0. The summed E-state index contributed by atoms with van der Waals surface area (Å²) in [6.07, 6.45) is 1.72. The average molecular weight is 286 g/mol. The van der Waals surface area contributed by atoms with E-state index in [0.29, 0.717) is 12.8 Å². The molecule has 0 amide bonds. The van der Waals surface area contributed by atoms with E-state index in [0.717, 1.165) is 6.42 Å². The lowest BCUT2D eigenvalue weighted by molar-refractivity contribution is -0.159. The number of carbonyl (C=O) groups excluding carboxylic acids is 1. The van der Waals surface area contributed by atoms with Gasteiger partial charge in [-0.1, -0.05) is 13.8 Å². The molecule has 2 N–H and O–H groups in total. The van der Waals surface area contributed by atoms with Crippen molar-refractivity contribution in [2.45, 2.75) is 78.1 Å². The number of hydrogen-bond donors (Lipinski definition) is 2. The minimum absolute atomic E-state index is 0.0358. The van der Waals surface area contributed by atoms with E-state index in [-0.39, 0.29) is 29.8 Å². The molecule has 4 unspecified atom stereocenters. The summed E-state index contributed by atoms with van der Waals surface area (Å²) < 4.78 is 5.62. The fourth-order valence-corrected chi connectivity index (χ4v) is 2.88. The van der Waals surface area contributed by atoms with Crippen LogP contribution in [0.1, 0.15) is 60.8 Å². The van der Waals surface area contributed by atoms with Gasteiger partial charge in [0.15, 0.2) is 0 Å². The normalized spacial score (nSPS) is 29.3. The van der Waals surface area contributed by atoms with Crippen LogP contribution >= 0.6 is 0 Å². The molecule has 0 aromatic rings. The lowest BCUT2D eigenvalue weighted by Gasteiger charge is -2.31. The number of rotatable bonds is 5. The first-order chi connectivity index (χ1) is 8.96. The second-order valence-corrected chi connectivity index (χ2v) is 7.37. The molecule has 0 aromatic carbocycles. The summed E-state index contributed by atoms with van der Waals surface area (Å²) in [6.45, 7) is 10.8. The second kappa shape index (κ2) is 6.02. The number of hydrogen-bond acceptors (Lipinski definition) is 4. The van der Waals surface area contributed by atoms with E-state index in [2.05, 4.69) is 0 Å². The van der Waals surface area contributed by atoms with Gasteiger partial charge in [-0.25, -0.2) is 0 Å². The van der Waals surface area contributed by atoms with Crippen LogP contribution in [0.3, 0.4) is 0 Å². The Morgan fingerprint density at radius 2 is 1.75 bits per heavy atom. The molecule has 0 saturated heterocycles. The van der Waals surface area contributed by atoms with Crippen molar-refractivity contribution in [3.63, 3.8) is 0 Å². The van der Waals surface area contributed by atoms with Gasteiger partial charge in [-0.05, 0) is 52.9 Å². The number of aliphatic hydroxyl groups is 2. The largest absolute Gasteiger partial charge is 0.462 e. The molecule has 0 bridgehead atoms. The van der Waals surface area contributed by atoms with Crippen LogP contribution in [-0.4, -0.2) is 33.5 Å². The molecule has 4 nitrogen and oxygen atoms in total. The van der Waals surface area contributed by atoms with E-state index >= 15 is 0 Å². The summed E-state index contributed by atoms with van der Waals surface area (Å²) in [7, 11) is 0. The van der Waals surface area contributed by atoms with Crippen LogP contribution in [0.15, 0.2) is 0 Å². The third-order valence-electron chi connectivity index (χ3n) is 4.69. The maximum atomic E-state index is 12.0. The third-order valence-corrected chi connectivity index (χ3v) is 4.69. The van der Waals surface area contributed by atoms with Crippen molar-refractivity contribution in [3.05, 3.63) is 0 Å². The molecule has 1 aliphatic carbocycles. The van der Waals surface area contributed by atoms with Crippen LogP contribution in [0.5, 0.6) is 0 Å². The van der Waals surface area contributed by atoms with E-state index in [9.17, 15) is 15.0 Å². The van der Waals surface area contributed by atoms with Crippen LogP contribution in [0.4, 0.5) is 0 Å². The summed E-state index contributed by atoms with van der Waals surface area (Å²) >= 11 is 0. The zero-order valence-corrected chi connectivity index (χ0v) is 13.6. The highest BCUT2D eigenvalue weighted by atomic mass is 16.5. The highest BCUT2D eigenvalue weighted by Crippen LogP contribution is 2.44. The number of esters is 1. The van der Waals surface area contributed by atoms with Gasteiger partial charge in [-0.3, -0.25) is 4.79 Å². The van der Waals surface area contributed by atoms with E-state index in [4.69, 9.17) is 4.74 Å². The molecule has 118 valence electrons. The van der Waals surface area contributed by atoms with E-state index in [1.807, 2.05) is 13.8 Å². The molecule has 0 aliphatic heterocycles. The van der Waals surface area contributed by atoms with Crippen molar-refractivity contribution in [3.8, 4) is 0 Å². The molecule has 1 rings (SSSR count). The molecule has 0 spiro atoms. The van der Waals surface area contributed by atoms with Gasteiger partial charge in [0.2, 0.25) is 0 Å². The first kappa shape index (κ1) is 17.4. The molecule has 1 aliphatic rings. The van der Waals surface area contributed by atoms with Crippen molar-refractivity contribution in [1.82, 2.24) is 0 Å². The molecular weight excluding hydrogens is 256 g/mol. The van der Waals surface area contributed by atoms with Gasteiger partial charge in [-0.15, -0.1) is 0 Å². The van der Waals surface area contributed by atoms with Gasteiger partial charge in [0.25, 0.3) is 0 Å². The first-order valence-electron chi connectivity index (χ1n) is 7.62. The molecule has 0 heterocycles. The van der Waals surface area contributed by atoms with Gasteiger partial charge >= 0.3 is 5.97 Å². The van der Waals surface area contributed by atoms with Crippen LogP contribution in [0.25, 0.3) is 0 Å². The quantitative estimate of drug-likeness (QED) is 0.762. The summed E-state index contributed by atoms with van der Waals surface area (Å²) in [5.41, 5.74) is -1.73. The molecule has 0 aromatic heterocycles. The Hall–Kier alpha value is -0.610. The van der Waals surface area contributed by atoms with Gasteiger partial charge < -0.3 is 14.9 Å². The molecule has 4 atom stereocenters. The van der Waals surface area contributed by atoms with Crippen LogP contribution in [-0.2, 0) is 9.53 Å². The topological polar surface area (TPSA) is 66.8 Å². The summed E-state index contributed by atoms with van der Waals surface area (Å²) in [4.78, 5) is 12.0. The minimum atomic E-state index is -0.916. The average Bonchev–Trinajstić information content (AvgIpc) is 2.71.